The second-order valence-electron chi connectivity index (χ2n) is 5.90. The molecule has 0 unspecified atom stereocenters. The van der Waals surface area contributed by atoms with Gasteiger partial charge in [-0.15, -0.1) is 11.3 Å². The Labute approximate surface area is 145 Å². The van der Waals surface area contributed by atoms with E-state index in [0.717, 1.165) is 36.3 Å². The smallest absolute Gasteiger partial charge is 0.351 e. The number of aryl methyl sites for hydroxylation is 1. The van der Waals surface area contributed by atoms with Crippen molar-refractivity contribution in [2.45, 2.75) is 38.6 Å². The van der Waals surface area contributed by atoms with Gasteiger partial charge in [0.2, 0.25) is 0 Å². The van der Waals surface area contributed by atoms with E-state index in [1.165, 1.54) is 11.3 Å². The maximum atomic E-state index is 12.4. The summed E-state index contributed by atoms with van der Waals surface area (Å²) in [7, 11) is 0. The summed E-state index contributed by atoms with van der Waals surface area (Å²) in [5.41, 5.74) is 1.48. The lowest BCUT2D eigenvalue weighted by Gasteiger charge is -2.11. The Morgan fingerprint density at radius 1 is 1.25 bits per heavy atom. The number of nitrogens with zero attached hydrogens (tertiary/aromatic N) is 1. The number of amides is 1. The van der Waals surface area contributed by atoms with Crippen LogP contribution >= 0.6 is 11.3 Å². The highest BCUT2D eigenvalue weighted by Gasteiger charge is 2.22. The van der Waals surface area contributed by atoms with E-state index < -0.39 is 5.97 Å². The minimum atomic E-state index is -0.499. The van der Waals surface area contributed by atoms with Crippen LogP contribution in [0.1, 0.15) is 40.4 Å². The lowest BCUT2D eigenvalue weighted by molar-refractivity contribution is -0.124. The molecule has 1 aliphatic rings. The molecule has 0 bridgehead atoms. The zero-order valence-corrected chi connectivity index (χ0v) is 14.4. The second-order valence-corrected chi connectivity index (χ2v) is 7.10. The van der Waals surface area contributed by atoms with Crippen LogP contribution in [0.25, 0.3) is 11.3 Å². The number of carbonyl (C=O) groups is 2. The van der Waals surface area contributed by atoms with Gasteiger partial charge in [0.05, 0.1) is 10.7 Å². The van der Waals surface area contributed by atoms with Gasteiger partial charge in [-0.3, -0.25) is 4.79 Å². The average molecular weight is 344 g/mol. The van der Waals surface area contributed by atoms with E-state index in [4.69, 9.17) is 4.74 Å². The van der Waals surface area contributed by atoms with Gasteiger partial charge < -0.3 is 10.1 Å². The van der Waals surface area contributed by atoms with Crippen molar-refractivity contribution in [2.75, 3.05) is 6.61 Å². The Morgan fingerprint density at radius 3 is 2.67 bits per heavy atom. The fourth-order valence-corrected chi connectivity index (χ4v) is 3.73. The van der Waals surface area contributed by atoms with Gasteiger partial charge >= 0.3 is 5.97 Å². The van der Waals surface area contributed by atoms with Crippen molar-refractivity contribution in [2.24, 2.45) is 0 Å². The molecule has 1 aromatic carbocycles. The van der Waals surface area contributed by atoms with E-state index in [9.17, 15) is 9.59 Å². The molecule has 6 heteroatoms. The summed E-state index contributed by atoms with van der Waals surface area (Å²) in [4.78, 5) is 29.1. The quantitative estimate of drug-likeness (QED) is 0.845. The second kappa shape index (κ2) is 7.57. The number of carbonyl (C=O) groups excluding carboxylic acids is 2. The molecule has 1 fully saturated rings. The summed E-state index contributed by atoms with van der Waals surface area (Å²) >= 11 is 1.28. The van der Waals surface area contributed by atoms with Crippen molar-refractivity contribution < 1.29 is 14.3 Å². The molecule has 5 nitrogen and oxygen atoms in total. The highest BCUT2D eigenvalue weighted by Crippen LogP contribution is 2.28. The first kappa shape index (κ1) is 16.6. The Morgan fingerprint density at radius 2 is 1.96 bits per heavy atom. The van der Waals surface area contributed by atoms with Crippen LogP contribution in [0.4, 0.5) is 0 Å². The summed E-state index contributed by atoms with van der Waals surface area (Å²) in [6.07, 6.45) is 4.30. The summed E-state index contributed by atoms with van der Waals surface area (Å²) in [6, 6.07) is 9.73. The number of aromatic nitrogens is 1. The molecule has 1 saturated carbocycles. The van der Waals surface area contributed by atoms with E-state index in [1.807, 2.05) is 37.3 Å². The van der Waals surface area contributed by atoms with Crippen LogP contribution < -0.4 is 5.32 Å². The molecule has 1 heterocycles. The largest absolute Gasteiger partial charge is 0.451 e. The number of esters is 1. The number of thiazole rings is 1. The first-order valence-corrected chi connectivity index (χ1v) is 8.94. The standard InChI is InChI=1S/C18H20N2O3S/c1-12-19-16(13-7-3-2-4-8-13)17(24-12)18(22)23-11-15(21)20-14-9-5-6-10-14/h2-4,7-8,14H,5-6,9-11H2,1H3,(H,20,21). The van der Waals surface area contributed by atoms with Gasteiger partial charge in [0.1, 0.15) is 4.88 Å². The predicted molar refractivity (Wildman–Crippen MR) is 93.0 cm³/mol. The Bertz CT molecular complexity index is 721. The molecule has 24 heavy (non-hydrogen) atoms. The third kappa shape index (κ3) is 4.00. The molecule has 2 aromatic rings. The SMILES string of the molecule is Cc1nc(-c2ccccc2)c(C(=O)OCC(=O)NC2CCCC2)s1. The Kier molecular flexibility index (Phi) is 5.25. The molecule has 3 rings (SSSR count). The first-order valence-electron chi connectivity index (χ1n) is 8.13. The van der Waals surface area contributed by atoms with Crippen LogP contribution in [0, 0.1) is 6.92 Å². The van der Waals surface area contributed by atoms with Crippen LogP contribution in [0.3, 0.4) is 0 Å². The molecule has 0 saturated heterocycles. The van der Waals surface area contributed by atoms with Crippen molar-refractivity contribution >= 4 is 23.2 Å². The zero-order chi connectivity index (χ0) is 16.9. The van der Waals surface area contributed by atoms with Crippen molar-refractivity contribution in [1.29, 1.82) is 0 Å². The van der Waals surface area contributed by atoms with Crippen molar-refractivity contribution in [1.82, 2.24) is 10.3 Å². The van der Waals surface area contributed by atoms with Crippen molar-refractivity contribution in [3.8, 4) is 11.3 Å². The number of hydrogen-bond acceptors (Lipinski definition) is 5. The van der Waals surface area contributed by atoms with Gasteiger partial charge in [0.25, 0.3) is 5.91 Å². The predicted octanol–water partition coefficient (Wildman–Crippen LogP) is 3.33. The van der Waals surface area contributed by atoms with Gasteiger partial charge in [-0.2, -0.15) is 0 Å². The Hall–Kier alpha value is -2.21. The number of nitrogens with one attached hydrogen (secondary N) is 1. The normalized spacial score (nSPS) is 14.5. The van der Waals surface area contributed by atoms with Crippen molar-refractivity contribution in [3.05, 3.63) is 40.2 Å². The minimum absolute atomic E-state index is 0.224. The fourth-order valence-electron chi connectivity index (χ4n) is 2.89. The lowest BCUT2D eigenvalue weighted by Crippen LogP contribution is -2.35. The van der Waals surface area contributed by atoms with Crippen LogP contribution in [0.2, 0.25) is 0 Å². The van der Waals surface area contributed by atoms with Crippen LogP contribution in [0.5, 0.6) is 0 Å². The van der Waals surface area contributed by atoms with Crippen LogP contribution in [-0.4, -0.2) is 29.5 Å². The monoisotopic (exact) mass is 344 g/mol. The van der Waals surface area contributed by atoms with E-state index in [1.54, 1.807) is 0 Å². The molecule has 0 radical (unpaired) electrons. The van der Waals surface area contributed by atoms with E-state index in [2.05, 4.69) is 10.3 Å². The maximum absolute atomic E-state index is 12.4. The highest BCUT2D eigenvalue weighted by molar-refractivity contribution is 7.14. The average Bonchev–Trinajstić information content (AvgIpc) is 3.23. The molecule has 1 aliphatic carbocycles. The van der Waals surface area contributed by atoms with E-state index >= 15 is 0 Å². The van der Waals surface area contributed by atoms with Crippen molar-refractivity contribution in [3.63, 3.8) is 0 Å². The summed E-state index contributed by atoms with van der Waals surface area (Å²) < 4.78 is 5.20. The van der Waals surface area contributed by atoms with Crippen LogP contribution in [0.15, 0.2) is 30.3 Å². The lowest BCUT2D eigenvalue weighted by atomic mass is 10.1. The minimum Gasteiger partial charge on any atom is -0.451 e. The molecular formula is C18H20N2O3S. The number of benzene rings is 1. The van der Waals surface area contributed by atoms with Gasteiger partial charge in [-0.25, -0.2) is 9.78 Å². The highest BCUT2D eigenvalue weighted by atomic mass is 32.1. The fraction of sp³-hybridized carbons (Fsp3) is 0.389. The topological polar surface area (TPSA) is 68.3 Å². The van der Waals surface area contributed by atoms with Gasteiger partial charge in [-0.05, 0) is 19.8 Å². The first-order chi connectivity index (χ1) is 11.6. The molecule has 1 aromatic heterocycles. The molecule has 0 atom stereocenters. The van der Waals surface area contributed by atoms with E-state index in [0.29, 0.717) is 10.6 Å². The number of hydrogen-bond donors (Lipinski definition) is 1. The summed E-state index contributed by atoms with van der Waals surface area (Å²) in [6.45, 7) is 1.60. The van der Waals surface area contributed by atoms with Gasteiger partial charge in [0, 0.05) is 11.6 Å². The molecular weight excluding hydrogens is 324 g/mol. The molecule has 0 aliphatic heterocycles. The van der Waals surface area contributed by atoms with Gasteiger partial charge in [-0.1, -0.05) is 43.2 Å². The molecule has 126 valence electrons. The Balaban J connectivity index is 1.64. The maximum Gasteiger partial charge on any atom is 0.351 e. The molecule has 1 amide bonds. The third-order valence-electron chi connectivity index (χ3n) is 4.02. The zero-order valence-electron chi connectivity index (χ0n) is 13.6. The third-order valence-corrected chi connectivity index (χ3v) is 4.97. The summed E-state index contributed by atoms with van der Waals surface area (Å²) in [5, 5.41) is 3.70. The summed E-state index contributed by atoms with van der Waals surface area (Å²) in [5.74, 6) is -0.737. The number of rotatable bonds is 5. The molecule has 0 spiro atoms. The number of ether oxygens (including phenoxy) is 1. The van der Waals surface area contributed by atoms with Crippen LogP contribution in [-0.2, 0) is 9.53 Å². The van der Waals surface area contributed by atoms with Gasteiger partial charge in [0.15, 0.2) is 6.61 Å². The van der Waals surface area contributed by atoms with E-state index in [-0.39, 0.29) is 18.6 Å². The molecule has 1 N–H and O–H groups in total.